The molecule has 17 aliphatic carbocycles. The van der Waals surface area contributed by atoms with E-state index in [4.69, 9.17) is 0 Å². The van der Waals surface area contributed by atoms with Gasteiger partial charge in [-0.05, 0) is 573 Å². The van der Waals surface area contributed by atoms with Crippen LogP contribution in [0.1, 0.15) is 587 Å². The second kappa shape index (κ2) is 45.9. The Morgan fingerprint density at radius 1 is 0.188 bits per heavy atom. The van der Waals surface area contributed by atoms with Crippen LogP contribution in [0.15, 0.2) is 0 Å². The van der Waals surface area contributed by atoms with E-state index < -0.39 is 0 Å². The van der Waals surface area contributed by atoms with Crippen LogP contribution < -0.4 is 0 Å². The molecule has 0 aliphatic heterocycles. The molecule has 0 N–H and O–H groups in total. The molecule has 2 spiro atoms. The molecule has 0 aromatic rings. The Hall–Kier alpha value is 0. The van der Waals surface area contributed by atoms with E-state index in [1.807, 2.05) is 0 Å². The minimum Gasteiger partial charge on any atom is -0.0651 e. The van der Waals surface area contributed by atoms with E-state index >= 15 is 0 Å². The third kappa shape index (κ3) is 19.9. The van der Waals surface area contributed by atoms with Crippen LogP contribution in [0.2, 0.25) is 0 Å². The van der Waals surface area contributed by atoms with Gasteiger partial charge in [0.25, 0.3) is 0 Å². The Kier molecular flexibility index (Phi) is 37.4. The molecule has 17 fully saturated rings. The van der Waals surface area contributed by atoms with Gasteiger partial charge in [0.15, 0.2) is 0 Å². The molecule has 61 atom stereocenters. The van der Waals surface area contributed by atoms with Crippen LogP contribution in [0.3, 0.4) is 0 Å². The minimum absolute atomic E-state index is 0.394. The van der Waals surface area contributed by atoms with Gasteiger partial charge in [0.05, 0.1) is 0 Å². The van der Waals surface area contributed by atoms with Crippen LogP contribution >= 0.6 is 0 Å². The molecule has 0 heterocycles. The van der Waals surface area contributed by atoms with E-state index in [0.29, 0.717) is 65.0 Å². The molecule has 0 aromatic carbocycles. The van der Waals surface area contributed by atoms with Crippen molar-refractivity contribution >= 4 is 0 Å². The fourth-order valence-electron chi connectivity index (χ4n) is 51.6. The van der Waals surface area contributed by atoms with Crippen molar-refractivity contribution in [2.24, 2.45) is 355 Å². The molecule has 4 bridgehead atoms. The van der Waals surface area contributed by atoms with Gasteiger partial charge in [-0.15, -0.1) is 0 Å². The highest BCUT2D eigenvalue weighted by Gasteiger charge is 2.79. The van der Waals surface area contributed by atoms with Crippen LogP contribution in [0.5, 0.6) is 0 Å². The van der Waals surface area contributed by atoms with Gasteiger partial charge >= 0.3 is 0 Å². The molecule has 0 heteroatoms. The summed E-state index contributed by atoms with van der Waals surface area (Å²) in [5, 5.41) is 0. The van der Waals surface area contributed by atoms with Gasteiger partial charge in [-0.3, -0.25) is 0 Å². The lowest BCUT2D eigenvalue weighted by atomic mass is 9.28. The Balaban J connectivity index is 0.000000215. The Bertz CT molecular complexity index is 4240. The summed E-state index contributed by atoms with van der Waals surface area (Å²) >= 11 is 0. The quantitative estimate of drug-likeness (QED) is 0.0700. The summed E-state index contributed by atoms with van der Waals surface area (Å²) in [6, 6.07) is 0. The van der Waals surface area contributed by atoms with Crippen molar-refractivity contribution in [2.75, 3.05) is 0 Å². The van der Waals surface area contributed by atoms with Crippen LogP contribution in [-0.2, 0) is 0 Å². The van der Waals surface area contributed by atoms with Crippen LogP contribution in [0, 0.1) is 355 Å². The van der Waals surface area contributed by atoms with Crippen molar-refractivity contribution in [3.8, 4) is 0 Å². The van der Waals surface area contributed by atoms with Crippen molar-refractivity contribution < 1.29 is 0 Å². The average Bonchev–Trinajstić information content (AvgIpc) is 1.55. The van der Waals surface area contributed by atoms with Crippen LogP contribution in [0.4, 0.5) is 0 Å². The van der Waals surface area contributed by atoms with E-state index in [9.17, 15) is 0 Å². The maximum atomic E-state index is 3.01. The summed E-state index contributed by atoms with van der Waals surface area (Å²) in [6.07, 6.45) is 67.5. The third-order valence-corrected chi connectivity index (χ3v) is 66.5. The Labute approximate surface area is 935 Å². The molecule has 17 aliphatic rings. The predicted octanol–water partition coefficient (Wildman–Crippen LogP) is 45.6. The third-order valence-electron chi connectivity index (χ3n) is 66.5. The zero-order chi connectivity index (χ0) is 109. The molecular weight excluding hydrogens is 1790 g/mol. The summed E-state index contributed by atoms with van der Waals surface area (Å²) in [6.45, 7) is 117. The fraction of sp³-hybridized carbons (Fsp3) is 1.00. The molecule has 864 valence electrons. The van der Waals surface area contributed by atoms with Gasteiger partial charge in [-0.2, -0.15) is 0 Å². The summed E-state index contributed by atoms with van der Waals surface area (Å²) < 4.78 is 0. The first-order valence-corrected chi connectivity index (χ1v) is 70.0. The Morgan fingerprint density at radius 2 is 0.409 bits per heavy atom. The monoisotopic (exact) mass is 2060 g/mol. The summed E-state index contributed by atoms with van der Waals surface area (Å²) in [5.41, 5.74) is 5.52. The van der Waals surface area contributed by atoms with Crippen molar-refractivity contribution in [1.29, 1.82) is 0 Å². The van der Waals surface area contributed by atoms with E-state index in [2.05, 4.69) is 298 Å². The van der Waals surface area contributed by atoms with E-state index in [-0.39, 0.29) is 0 Å². The minimum atomic E-state index is 0.394. The van der Waals surface area contributed by atoms with Crippen molar-refractivity contribution in [3.05, 3.63) is 0 Å². The summed E-state index contributed by atoms with van der Waals surface area (Å²) in [7, 11) is 0. The maximum Gasteiger partial charge on any atom is -0.0207 e. The summed E-state index contributed by atoms with van der Waals surface area (Å²) in [4.78, 5) is 0. The van der Waals surface area contributed by atoms with E-state index in [1.165, 1.54) is 212 Å². The van der Waals surface area contributed by atoms with Crippen molar-refractivity contribution in [3.63, 3.8) is 0 Å². The number of hydrogen-bond acceptors (Lipinski definition) is 0. The highest BCUT2D eigenvalue weighted by Crippen LogP contribution is 2.88. The molecule has 0 aromatic heterocycles. The largest absolute Gasteiger partial charge is 0.0651 e. The predicted molar refractivity (Wildman–Crippen MR) is 652 cm³/mol. The van der Waals surface area contributed by atoms with Gasteiger partial charge in [0, 0.05) is 0 Å². The SMILES string of the molecule is CCC1CC(CC2[C@H](C)C(CC)CC(CC34CC[C@]5(C)C(CC[C@]6(C)C(C)(C(C)CC7C[C@H](CC)C(C)[C@H](C)C7C)CCCC56C)(CC3C)C4)[C@@H]2CC2CC(CC)[C@@H](C)C(C)[C@H]2C)[C@H](C)C(C)[C@@H]1C.CCC1CC(CC2[C@H](C)C(CC)CC(CC34CC[C@]5(C)C(CC[C@]6(C)C(C)(C(C)CC7C[C@H](CC)C(C)[C@H](C)C7C[C@@H]7C[C@H](CC)C(C)[C@H](C)C7C)CCCC56C)(CC3C)C4)[C@@H]2CC2CC(CC)[C@@H](C)C(C)[C@H]2C)[C@H](C)C(C)[C@@H]1C. The zero-order valence-electron chi connectivity index (χ0n) is 109. The molecule has 0 nitrogen and oxygen atoms in total. The molecule has 0 radical (unpaired) electrons. The zero-order valence-corrected chi connectivity index (χ0v) is 109. The van der Waals surface area contributed by atoms with Gasteiger partial charge in [0.1, 0.15) is 0 Å². The highest BCUT2D eigenvalue weighted by molar-refractivity contribution is 5.28. The van der Waals surface area contributed by atoms with Crippen molar-refractivity contribution in [1.82, 2.24) is 0 Å². The first-order valence-electron chi connectivity index (χ1n) is 70.0. The smallest absolute Gasteiger partial charge is 0.0207 e. The van der Waals surface area contributed by atoms with Crippen LogP contribution in [-0.4, -0.2) is 0 Å². The fourth-order valence-corrected chi connectivity index (χ4v) is 51.6. The highest BCUT2D eigenvalue weighted by atomic mass is 14.8. The summed E-state index contributed by atoms with van der Waals surface area (Å²) in [5.74, 6) is 43.8. The second-order valence-corrected chi connectivity index (χ2v) is 67.9. The molecule has 0 saturated heterocycles. The van der Waals surface area contributed by atoms with Crippen molar-refractivity contribution in [2.45, 2.75) is 587 Å². The topological polar surface area (TPSA) is 0 Å². The number of rotatable bonds is 29. The lowest BCUT2D eigenvalue weighted by Crippen LogP contribution is -2.68. The normalized spacial score (nSPS) is 56.9. The molecule has 0 amide bonds. The molecule has 38 unspecified atom stereocenters. The first kappa shape index (κ1) is 121. The molecule has 17 rings (SSSR count). The van der Waals surface area contributed by atoms with Gasteiger partial charge in [-0.25, -0.2) is 0 Å². The van der Waals surface area contributed by atoms with Gasteiger partial charge < -0.3 is 0 Å². The van der Waals surface area contributed by atoms with E-state index in [1.54, 1.807) is 77.0 Å². The van der Waals surface area contributed by atoms with Gasteiger partial charge in [0.2, 0.25) is 0 Å². The molecule has 149 heavy (non-hydrogen) atoms. The number of fused-ring (bicyclic) bond motifs is 6. The molecular formula is C149H268. The lowest BCUT2D eigenvalue weighted by Gasteiger charge is -2.76. The maximum absolute atomic E-state index is 3.01. The molecule has 17 saturated carbocycles. The van der Waals surface area contributed by atoms with Gasteiger partial charge in [-0.1, -0.05) is 368 Å². The standard InChI is InChI=1S/C80H144.C69H124/c1-24-62-37-67(56(14)50(8)53(62)11)42-72-60(18)59(17)65(27-4)40-70(72)36-48(6)75(20)30-29-31-77(22)76(75,21)33-35-80-45-49(7)79(47-80,34-32-78(77,80)23)46-71-41-66(28-5)61(19)73(43-68-38-63(25-2)54(12)51(9)57(68)15)74(71)44-69-39-64(26-3)55(13)52(10)58(69)16;1-21-54-33-58(50(13)44(7)47(54)10)32-42(5)64(17)26-25-27-66(19)65(64,18)29-31-69-39-43(6)68(41-69,30-28-67(66,69)20)40-61-36-57(24-4)53(16)62(37-59-34-55(22-2)48(11)45(8)51(59)14)63(61)38-60-35-56(23-3)49(12)46(9)52(60)15/h48-74H,24-47H2,1-23H3;42-63H,21-41H2,1-20H3/t48?,49?,50-,51?,52?,53?,54-,55-,56?,57+,58+,59?,60-,61+,62-,63?,64?,65-,66?,67-,68?,69?,70?,71?,72?,73?,74-,75?,76+,77?,78-,79?,80?;42?,43?,44-,45?,46?,47?,48-,49-,50?,51+,52+,53+,54-,55?,56?,57?,58?,59?,60?,61?,62?,63-,64?,65+,66?,67-,68?,69?/m00/s1. The van der Waals surface area contributed by atoms with E-state index in [0.717, 1.165) is 290 Å². The Morgan fingerprint density at radius 3 is 0.698 bits per heavy atom. The first-order chi connectivity index (χ1) is 70.0. The average molecular weight is 2060 g/mol. The second-order valence-electron chi connectivity index (χ2n) is 67.9. The lowest BCUT2D eigenvalue weighted by molar-refractivity contribution is -0.271. The van der Waals surface area contributed by atoms with Crippen LogP contribution in [0.25, 0.3) is 0 Å². The number of hydrogen-bond donors (Lipinski definition) is 0.